The Balaban J connectivity index is 3.15. The largest absolute Gasteiger partial charge is 0.315 e. The van der Waals surface area contributed by atoms with Gasteiger partial charge in [-0.05, 0) is 0 Å². The fraction of sp³-hybridized carbons (Fsp3) is 0. The fourth-order valence-corrected chi connectivity index (χ4v) is 2.15. The number of aromatic nitrogens is 2. The van der Waals surface area contributed by atoms with Gasteiger partial charge in [-0.2, -0.15) is 0 Å². The van der Waals surface area contributed by atoms with Gasteiger partial charge in [0, 0.05) is 0 Å². The van der Waals surface area contributed by atoms with Gasteiger partial charge in [-0.15, -0.1) is 0 Å². The molecule has 8 heteroatoms. The Labute approximate surface area is 108 Å². The van der Waals surface area contributed by atoms with Crippen molar-refractivity contribution in [3.8, 4) is 0 Å². The highest BCUT2D eigenvalue weighted by Crippen LogP contribution is 2.40. The lowest BCUT2D eigenvalue weighted by molar-refractivity contribution is 1.15. The maximum atomic E-state index is 11.1. The summed E-state index contributed by atoms with van der Waals surface area (Å²) in [4.78, 5) is 26.8. The molecule has 2 aromatic rings. The van der Waals surface area contributed by atoms with Crippen molar-refractivity contribution in [2.24, 2.45) is 0 Å². The van der Waals surface area contributed by atoms with Crippen LogP contribution in [0.4, 0.5) is 0 Å². The van der Waals surface area contributed by atoms with E-state index >= 15 is 0 Å². The molecule has 16 heavy (non-hydrogen) atoms. The number of aromatic amines is 2. The van der Waals surface area contributed by atoms with Gasteiger partial charge >= 0.3 is 11.1 Å². The van der Waals surface area contributed by atoms with E-state index in [9.17, 15) is 9.59 Å². The highest BCUT2D eigenvalue weighted by Gasteiger charge is 2.16. The van der Waals surface area contributed by atoms with Gasteiger partial charge in [0.2, 0.25) is 0 Å². The van der Waals surface area contributed by atoms with Gasteiger partial charge in [0.1, 0.15) is 0 Å². The van der Waals surface area contributed by atoms with E-state index in [1.807, 2.05) is 0 Å². The van der Waals surface area contributed by atoms with Crippen molar-refractivity contribution in [2.75, 3.05) is 0 Å². The molecule has 4 nitrogen and oxygen atoms in total. The second-order valence-electron chi connectivity index (χ2n) is 2.91. The van der Waals surface area contributed by atoms with Crippen LogP contribution in [0.5, 0.6) is 0 Å². The molecule has 0 saturated heterocycles. The molecule has 2 N–H and O–H groups in total. The van der Waals surface area contributed by atoms with E-state index in [1.165, 1.54) is 0 Å². The van der Waals surface area contributed by atoms with Crippen molar-refractivity contribution in [2.45, 2.75) is 0 Å². The van der Waals surface area contributed by atoms with Crippen molar-refractivity contribution in [1.29, 1.82) is 0 Å². The van der Waals surface area contributed by atoms with Crippen LogP contribution in [0.25, 0.3) is 11.0 Å². The topological polar surface area (TPSA) is 65.7 Å². The first-order valence-corrected chi connectivity index (χ1v) is 5.43. The Morgan fingerprint density at radius 1 is 0.625 bits per heavy atom. The van der Waals surface area contributed by atoms with Gasteiger partial charge in [0.25, 0.3) is 0 Å². The van der Waals surface area contributed by atoms with E-state index in [4.69, 9.17) is 46.4 Å². The first kappa shape index (κ1) is 11.8. The minimum atomic E-state index is -0.844. The predicted octanol–water partition coefficient (Wildman–Crippen LogP) is 2.83. The molecule has 0 bridgehead atoms. The average Bonchev–Trinajstić information content (AvgIpc) is 2.26. The van der Waals surface area contributed by atoms with Gasteiger partial charge in [0.15, 0.2) is 0 Å². The minimum absolute atomic E-state index is 0.0172. The third-order valence-corrected chi connectivity index (χ3v) is 3.75. The Bertz CT molecular complexity index is 643. The molecule has 0 aliphatic carbocycles. The molecule has 0 aliphatic heterocycles. The molecule has 2 rings (SSSR count). The zero-order valence-electron chi connectivity index (χ0n) is 7.33. The molecule has 84 valence electrons. The summed E-state index contributed by atoms with van der Waals surface area (Å²) in [5.41, 5.74) is -1.40. The highest BCUT2D eigenvalue weighted by molar-refractivity contribution is 6.54. The molecule has 0 radical (unpaired) electrons. The van der Waals surface area contributed by atoms with E-state index in [1.54, 1.807) is 0 Å². The summed E-state index contributed by atoms with van der Waals surface area (Å²) in [6.45, 7) is 0. The summed E-state index contributed by atoms with van der Waals surface area (Å²) in [5, 5.41) is 0.0888. The monoisotopic (exact) mass is 298 g/mol. The van der Waals surface area contributed by atoms with E-state index < -0.39 is 11.1 Å². The summed E-state index contributed by atoms with van der Waals surface area (Å²) < 4.78 is 0. The van der Waals surface area contributed by atoms with E-state index in [0.29, 0.717) is 0 Å². The second kappa shape index (κ2) is 3.96. The molecular formula is C8H2Cl4N2O2. The van der Waals surface area contributed by atoms with Gasteiger partial charge < -0.3 is 9.97 Å². The van der Waals surface area contributed by atoms with E-state index in [0.717, 1.165) is 0 Å². The summed E-state index contributed by atoms with van der Waals surface area (Å²) in [5.74, 6) is 0. The van der Waals surface area contributed by atoms with Gasteiger partial charge in [0.05, 0.1) is 31.1 Å². The zero-order chi connectivity index (χ0) is 12.0. The van der Waals surface area contributed by atoms with Crippen LogP contribution in [-0.2, 0) is 0 Å². The van der Waals surface area contributed by atoms with Crippen LogP contribution in [-0.4, -0.2) is 9.97 Å². The molecule has 0 spiro atoms. The molecule has 0 saturated carbocycles. The molecule has 0 fully saturated rings. The molecule has 1 heterocycles. The maximum Gasteiger partial charge on any atom is 0.314 e. The second-order valence-corrected chi connectivity index (χ2v) is 4.43. The number of nitrogens with one attached hydrogen (secondary N) is 2. The van der Waals surface area contributed by atoms with Crippen LogP contribution < -0.4 is 11.1 Å². The van der Waals surface area contributed by atoms with Crippen LogP contribution in [0.2, 0.25) is 20.1 Å². The zero-order valence-corrected chi connectivity index (χ0v) is 10.4. The summed E-state index contributed by atoms with van der Waals surface area (Å²) in [6, 6.07) is 0. The number of H-pyrrole nitrogens is 2. The SMILES string of the molecule is O=c1[nH]c2c(Cl)c(Cl)c(Cl)c(Cl)c2[nH]c1=O. The number of fused-ring (bicyclic) bond motifs is 1. The van der Waals surface area contributed by atoms with Crippen LogP contribution in [0.3, 0.4) is 0 Å². The predicted molar refractivity (Wildman–Crippen MR) is 65.2 cm³/mol. The summed E-state index contributed by atoms with van der Waals surface area (Å²) >= 11 is 23.3. The molecular weight excluding hydrogens is 298 g/mol. The number of hydrogen-bond donors (Lipinski definition) is 2. The fourth-order valence-electron chi connectivity index (χ4n) is 1.21. The number of halogens is 4. The Morgan fingerprint density at radius 2 is 0.938 bits per heavy atom. The molecule has 0 atom stereocenters. The van der Waals surface area contributed by atoms with Gasteiger partial charge in [-0.3, -0.25) is 9.59 Å². The lowest BCUT2D eigenvalue weighted by Gasteiger charge is -2.06. The highest BCUT2D eigenvalue weighted by atomic mass is 35.5. The first-order valence-electron chi connectivity index (χ1n) is 3.91. The number of benzene rings is 1. The average molecular weight is 300 g/mol. The van der Waals surface area contributed by atoms with Crippen molar-refractivity contribution < 1.29 is 0 Å². The molecule has 1 aromatic carbocycles. The third-order valence-electron chi connectivity index (χ3n) is 1.95. The van der Waals surface area contributed by atoms with Crippen LogP contribution in [0.15, 0.2) is 9.59 Å². The maximum absolute atomic E-state index is 11.1. The molecule has 1 aromatic heterocycles. The molecule has 0 aliphatic rings. The van der Waals surface area contributed by atoms with Crippen molar-refractivity contribution in [3.05, 3.63) is 40.8 Å². The third kappa shape index (κ3) is 1.62. The lowest BCUT2D eigenvalue weighted by Crippen LogP contribution is -2.29. The smallest absolute Gasteiger partial charge is 0.314 e. The van der Waals surface area contributed by atoms with Crippen LogP contribution in [0.1, 0.15) is 0 Å². The Morgan fingerprint density at radius 3 is 1.25 bits per heavy atom. The standard InChI is InChI=1S/C8H2Cl4N2O2/c9-1-2(10)4(12)6-5(3(1)11)13-7(15)8(16)14-6/h(H,13,15)(H,14,16). The van der Waals surface area contributed by atoms with Crippen LogP contribution in [0, 0.1) is 0 Å². The van der Waals surface area contributed by atoms with Gasteiger partial charge in [-0.1, -0.05) is 46.4 Å². The molecule has 0 unspecified atom stereocenters. The lowest BCUT2D eigenvalue weighted by atomic mass is 10.3. The van der Waals surface area contributed by atoms with E-state index in [-0.39, 0.29) is 31.1 Å². The normalized spacial score (nSPS) is 11.0. The van der Waals surface area contributed by atoms with Crippen molar-refractivity contribution in [1.82, 2.24) is 9.97 Å². The van der Waals surface area contributed by atoms with Crippen LogP contribution >= 0.6 is 46.4 Å². The Hall–Kier alpha value is -0.680. The van der Waals surface area contributed by atoms with Crippen molar-refractivity contribution >= 4 is 57.4 Å². The summed E-state index contributed by atoms with van der Waals surface area (Å²) in [7, 11) is 0. The quantitative estimate of drug-likeness (QED) is 0.446. The molecule has 0 amide bonds. The van der Waals surface area contributed by atoms with E-state index in [2.05, 4.69) is 9.97 Å². The number of hydrogen-bond acceptors (Lipinski definition) is 2. The first-order chi connectivity index (χ1) is 7.43. The Kier molecular flexibility index (Phi) is 2.92. The summed E-state index contributed by atoms with van der Waals surface area (Å²) in [6.07, 6.45) is 0. The van der Waals surface area contributed by atoms with Gasteiger partial charge in [-0.25, -0.2) is 0 Å². The minimum Gasteiger partial charge on any atom is -0.315 e. The van der Waals surface area contributed by atoms with Crippen molar-refractivity contribution in [3.63, 3.8) is 0 Å². The number of rotatable bonds is 0.